The molecule has 5 nitrogen and oxygen atoms in total. The summed E-state index contributed by atoms with van der Waals surface area (Å²) in [4.78, 5) is 17.5. The summed E-state index contributed by atoms with van der Waals surface area (Å²) in [6, 6.07) is 13.5. The van der Waals surface area contributed by atoms with E-state index in [1.54, 1.807) is 14.2 Å². The minimum absolute atomic E-state index is 0.155. The van der Waals surface area contributed by atoms with Crippen molar-refractivity contribution in [1.82, 2.24) is 5.32 Å². The molecule has 0 atom stereocenters. The number of amides is 1. The predicted octanol–water partition coefficient (Wildman–Crippen LogP) is 4.16. The molecule has 1 heterocycles. The fraction of sp³-hybridized carbons (Fsp3) is 0.200. The molecule has 1 aliphatic heterocycles. The molecule has 1 saturated heterocycles. The van der Waals surface area contributed by atoms with E-state index in [1.165, 1.54) is 11.8 Å². The zero-order valence-corrected chi connectivity index (χ0v) is 15.7. The summed E-state index contributed by atoms with van der Waals surface area (Å²) in [5, 5.41) is 3.41. The number of amidine groups is 1. The lowest BCUT2D eigenvalue weighted by atomic mass is 10.1. The lowest BCUT2D eigenvalue weighted by Gasteiger charge is -2.07. The number of thioether (sulfide) groups is 1. The van der Waals surface area contributed by atoms with Crippen LogP contribution in [0, 0.1) is 0 Å². The number of hydrogen-bond donors (Lipinski definition) is 1. The molecule has 0 unspecified atom stereocenters. The molecule has 1 amide bonds. The first-order valence-electron chi connectivity index (χ1n) is 8.24. The Morgan fingerprint density at radius 3 is 2.62 bits per heavy atom. The lowest BCUT2D eigenvalue weighted by molar-refractivity contribution is -0.115. The third-order valence-corrected chi connectivity index (χ3v) is 4.86. The number of methoxy groups -OCH3 is 2. The van der Waals surface area contributed by atoms with Crippen molar-refractivity contribution in [2.75, 3.05) is 14.2 Å². The van der Waals surface area contributed by atoms with Gasteiger partial charge in [0.25, 0.3) is 5.91 Å². The molecular weight excluding hydrogens is 348 g/mol. The highest BCUT2D eigenvalue weighted by Crippen LogP contribution is 2.32. The van der Waals surface area contributed by atoms with Crippen molar-refractivity contribution in [3.05, 3.63) is 58.5 Å². The summed E-state index contributed by atoms with van der Waals surface area (Å²) < 4.78 is 10.5. The summed E-state index contributed by atoms with van der Waals surface area (Å²) >= 11 is 1.33. The van der Waals surface area contributed by atoms with Gasteiger partial charge in [-0.2, -0.15) is 0 Å². The molecule has 0 radical (unpaired) electrons. The van der Waals surface area contributed by atoms with E-state index in [4.69, 9.17) is 9.47 Å². The average Bonchev–Trinajstić information content (AvgIpc) is 3.01. The highest BCUT2D eigenvalue weighted by atomic mass is 32.2. The Morgan fingerprint density at radius 1 is 1.12 bits per heavy atom. The van der Waals surface area contributed by atoms with Gasteiger partial charge in [0.1, 0.15) is 0 Å². The quantitative estimate of drug-likeness (QED) is 0.805. The number of nitrogens with zero attached hydrogens (tertiary/aromatic N) is 1. The van der Waals surface area contributed by atoms with Crippen LogP contribution in [0.2, 0.25) is 0 Å². The van der Waals surface area contributed by atoms with E-state index in [0.29, 0.717) is 21.6 Å². The van der Waals surface area contributed by atoms with Crippen LogP contribution in [-0.4, -0.2) is 25.3 Å². The number of carbonyl (C=O) groups excluding carboxylic acids is 1. The Kier molecular flexibility index (Phi) is 5.63. The minimum Gasteiger partial charge on any atom is -0.493 e. The van der Waals surface area contributed by atoms with Crippen LogP contribution < -0.4 is 14.8 Å². The minimum atomic E-state index is -0.155. The van der Waals surface area contributed by atoms with E-state index >= 15 is 0 Å². The van der Waals surface area contributed by atoms with Crippen LogP contribution in [0.25, 0.3) is 6.08 Å². The number of para-hydroxylation sites is 1. The van der Waals surface area contributed by atoms with E-state index in [-0.39, 0.29) is 5.91 Å². The molecule has 1 aliphatic rings. The lowest BCUT2D eigenvalue weighted by Crippen LogP contribution is -2.19. The van der Waals surface area contributed by atoms with Crippen LogP contribution in [0.15, 0.2) is 52.4 Å². The summed E-state index contributed by atoms with van der Waals surface area (Å²) in [5.41, 5.74) is 2.88. The van der Waals surface area contributed by atoms with Crippen molar-refractivity contribution in [3.63, 3.8) is 0 Å². The molecule has 0 aromatic heterocycles. The van der Waals surface area contributed by atoms with Crippen LogP contribution in [0.3, 0.4) is 0 Å². The summed E-state index contributed by atoms with van der Waals surface area (Å²) in [7, 11) is 3.18. The second kappa shape index (κ2) is 8.10. The van der Waals surface area contributed by atoms with Crippen molar-refractivity contribution < 1.29 is 14.3 Å². The third kappa shape index (κ3) is 3.91. The maximum absolute atomic E-state index is 12.3. The van der Waals surface area contributed by atoms with Crippen molar-refractivity contribution in [3.8, 4) is 11.5 Å². The number of aryl methyl sites for hydroxylation is 1. The maximum atomic E-state index is 12.3. The molecule has 2 aromatic rings. The van der Waals surface area contributed by atoms with Crippen LogP contribution in [0.4, 0.5) is 5.69 Å². The monoisotopic (exact) mass is 368 g/mol. The van der Waals surface area contributed by atoms with Crippen LogP contribution in [0.1, 0.15) is 18.1 Å². The van der Waals surface area contributed by atoms with Crippen molar-refractivity contribution in [1.29, 1.82) is 0 Å². The van der Waals surface area contributed by atoms with Gasteiger partial charge >= 0.3 is 0 Å². The fourth-order valence-electron chi connectivity index (χ4n) is 2.60. The molecular formula is C20H20N2O3S. The number of benzene rings is 2. The molecule has 3 rings (SSSR count). The maximum Gasteiger partial charge on any atom is 0.264 e. The Balaban J connectivity index is 1.86. The fourth-order valence-corrected chi connectivity index (χ4v) is 3.44. The smallest absolute Gasteiger partial charge is 0.264 e. The molecule has 2 aromatic carbocycles. The van der Waals surface area contributed by atoms with E-state index in [9.17, 15) is 4.79 Å². The third-order valence-electron chi connectivity index (χ3n) is 3.95. The summed E-state index contributed by atoms with van der Waals surface area (Å²) in [6.07, 6.45) is 2.70. The molecule has 0 bridgehead atoms. The molecule has 26 heavy (non-hydrogen) atoms. The number of rotatable bonds is 5. The molecule has 134 valence electrons. The molecule has 1 fully saturated rings. The largest absolute Gasteiger partial charge is 0.493 e. The van der Waals surface area contributed by atoms with E-state index in [0.717, 1.165) is 23.2 Å². The molecule has 0 aliphatic carbocycles. The Hall–Kier alpha value is -2.73. The van der Waals surface area contributed by atoms with Gasteiger partial charge in [0.15, 0.2) is 16.7 Å². The Labute approximate surface area is 157 Å². The Morgan fingerprint density at radius 2 is 1.88 bits per heavy atom. The van der Waals surface area contributed by atoms with Gasteiger partial charge in [-0.3, -0.25) is 4.79 Å². The standard InChI is InChI=1S/C20H20N2O3S/c1-4-14-7-5-6-8-15(14)21-20-22-19(23)18(26-20)12-13-9-10-16(24-2)17(11-13)25-3/h5-12H,4H2,1-3H3,(H,21,22,23). The van der Waals surface area contributed by atoms with Gasteiger partial charge in [-0.25, -0.2) is 4.99 Å². The van der Waals surface area contributed by atoms with Crippen LogP contribution in [-0.2, 0) is 11.2 Å². The second-order valence-corrected chi connectivity index (χ2v) is 6.61. The summed E-state index contributed by atoms with van der Waals surface area (Å²) in [6.45, 7) is 2.09. The number of carbonyl (C=O) groups is 1. The highest BCUT2D eigenvalue weighted by molar-refractivity contribution is 8.18. The zero-order chi connectivity index (χ0) is 18.5. The number of ether oxygens (including phenoxy) is 2. The van der Waals surface area contributed by atoms with Crippen molar-refractivity contribution in [2.24, 2.45) is 4.99 Å². The van der Waals surface area contributed by atoms with E-state index in [2.05, 4.69) is 17.2 Å². The molecule has 0 saturated carbocycles. The van der Waals surface area contributed by atoms with E-state index in [1.807, 2.05) is 48.5 Å². The Bertz CT molecular complexity index is 890. The van der Waals surface area contributed by atoms with Gasteiger partial charge in [0, 0.05) is 0 Å². The van der Waals surface area contributed by atoms with Gasteiger partial charge in [-0.1, -0.05) is 31.2 Å². The number of nitrogens with one attached hydrogen (secondary N) is 1. The molecule has 1 N–H and O–H groups in total. The number of hydrogen-bond acceptors (Lipinski definition) is 5. The first kappa shape index (κ1) is 18.1. The summed E-state index contributed by atoms with van der Waals surface area (Å²) in [5.74, 6) is 1.12. The van der Waals surface area contributed by atoms with Crippen molar-refractivity contribution >= 4 is 34.6 Å². The van der Waals surface area contributed by atoms with Gasteiger partial charge < -0.3 is 14.8 Å². The SMILES string of the molecule is CCc1ccccc1N=C1NC(=O)C(=Cc2ccc(OC)c(OC)c2)S1. The van der Waals surface area contributed by atoms with Crippen LogP contribution >= 0.6 is 11.8 Å². The first-order valence-corrected chi connectivity index (χ1v) is 9.05. The van der Waals surface area contributed by atoms with Crippen LogP contribution in [0.5, 0.6) is 11.5 Å². The topological polar surface area (TPSA) is 59.9 Å². The zero-order valence-electron chi connectivity index (χ0n) is 14.9. The first-order chi connectivity index (χ1) is 12.6. The average molecular weight is 368 g/mol. The highest BCUT2D eigenvalue weighted by Gasteiger charge is 2.24. The number of aliphatic imine (C=N–C) groups is 1. The van der Waals surface area contributed by atoms with Gasteiger partial charge in [-0.15, -0.1) is 0 Å². The molecule has 6 heteroatoms. The second-order valence-electron chi connectivity index (χ2n) is 5.58. The van der Waals surface area contributed by atoms with Crippen molar-refractivity contribution in [2.45, 2.75) is 13.3 Å². The predicted molar refractivity (Wildman–Crippen MR) is 106 cm³/mol. The van der Waals surface area contributed by atoms with Gasteiger partial charge in [0.2, 0.25) is 0 Å². The molecule has 0 spiro atoms. The van der Waals surface area contributed by atoms with E-state index < -0.39 is 0 Å². The van der Waals surface area contributed by atoms with Gasteiger partial charge in [0.05, 0.1) is 24.8 Å². The van der Waals surface area contributed by atoms with Gasteiger partial charge in [-0.05, 0) is 53.6 Å². The normalized spacial score (nSPS) is 16.8.